The Kier molecular flexibility index (Phi) is 26.9. The first kappa shape index (κ1) is 75.6. The van der Waals surface area contributed by atoms with Crippen LogP contribution in [0.1, 0.15) is 6.92 Å². The van der Waals surface area contributed by atoms with Gasteiger partial charge >= 0.3 is 0 Å². The Hall–Kier alpha value is -2.13. The van der Waals surface area contributed by atoms with Gasteiger partial charge in [0.05, 0.1) is 52.9 Å². The molecular formula is C50H85NO41. The van der Waals surface area contributed by atoms with Crippen LogP contribution in [0.25, 0.3) is 0 Å². The second-order valence-corrected chi connectivity index (χ2v) is 23.2. The number of carbonyl (C=O) groups is 1. The van der Waals surface area contributed by atoms with E-state index in [2.05, 4.69) is 5.32 Å². The van der Waals surface area contributed by atoms with Crippen LogP contribution < -0.4 is 5.32 Å². The molecule has 42 nitrogen and oxygen atoms in total. The first-order valence-corrected chi connectivity index (χ1v) is 29.2. The first-order valence-electron chi connectivity index (χ1n) is 29.2. The number of aliphatic hydroxyl groups excluding tert-OH is 25. The molecule has 8 fully saturated rings. The Bertz CT molecular complexity index is 2260. The van der Waals surface area contributed by atoms with Gasteiger partial charge in [-0.25, -0.2) is 0 Å². The van der Waals surface area contributed by atoms with Crippen LogP contribution >= 0.6 is 0 Å². The molecule has 26 N–H and O–H groups in total. The minimum absolute atomic E-state index is 0.824. The highest BCUT2D eigenvalue weighted by atomic mass is 16.8. The molecule has 40 atom stereocenters. The number of aliphatic hydroxyl groups is 25. The number of hydrogen-bond acceptors (Lipinski definition) is 41. The van der Waals surface area contributed by atoms with E-state index in [0.29, 0.717) is 0 Å². The summed E-state index contributed by atoms with van der Waals surface area (Å²) in [6.45, 7) is -7.30. The zero-order chi connectivity index (χ0) is 67.6. The smallest absolute Gasteiger partial charge is 0.217 e. The SMILES string of the molecule is CC(=O)N[C@H]1[C@H](O)[C@@H](O[C@@H]2O[C@H](CO[C@H]3O[C@H](CO[C@@H]4O[C@@H](CO)[C@H](O)[C@@H](O)[C@H]4O)[C@@H](O)[C@H](O[C@H]4O[C@H](CO)[C@@H](O)[C@H](O)[C@@H]4O[C@H]4O[C@H](CO)[C@@H](O)[C@H](O)[C@@H]4O)[C@@H]3O)[C@@H](O)[C@H](O[C@@H]3O[C@@H](CO)[C@H](O)[C@@H](O)[C@H]3O[C@@H]3O[C@@H](CO)[C@H](O)[C@@H](O)[C@@H]3O)[C@@H]2O)[C@H](CO)O[C@@H]1O. The Morgan fingerprint density at radius 3 is 0.946 bits per heavy atom. The van der Waals surface area contributed by atoms with Gasteiger partial charge in [0.15, 0.2) is 50.3 Å². The molecule has 8 aliphatic rings. The molecule has 536 valence electrons. The van der Waals surface area contributed by atoms with Gasteiger partial charge in [-0.2, -0.15) is 0 Å². The van der Waals surface area contributed by atoms with Crippen LogP contribution in [0.4, 0.5) is 0 Å². The lowest BCUT2D eigenvalue weighted by Gasteiger charge is -2.50. The van der Waals surface area contributed by atoms with E-state index >= 15 is 0 Å². The standard InChI is InChI=1S/C50H85NO41/c1-10(58)51-19-27(66)38(16(7-57)80-43(19)77)88-48-37(76)40(90-50-42(32(71)24(63)15(6-56)85-50)92-47-35(74)30(69)22(61)13(4-54)83-47)26(65)18(87-48)9-79-45-36(75)39(25(64)17(86-45)8-78-44-33(72)28(67)20(59)11(2-52)81-44)89-49-41(31(70)23(62)14(5-55)84-49)91-46-34(73)29(68)21(60)12(3-53)82-46/h11-50,52-57,59-77H,2-9H2,1H3,(H,51,58)/t11-,12+,13-,14+,15-,16-,17+,18+,19-,20-,21+,22-,23+,24-,25+,26+,27-,28+,29-,30+,31-,32+,33+,34-,35-,36-,37-,38-,39-,40-,41-,42+,43-,44+,45-,46+,47-,48-,49+,50-/m0/s1. The summed E-state index contributed by atoms with van der Waals surface area (Å²) in [6, 6.07) is -1.72. The Labute approximate surface area is 519 Å². The maximum Gasteiger partial charge on any atom is 0.217 e. The number of nitrogens with one attached hydrogen (secondary N) is 1. The Morgan fingerprint density at radius 1 is 0.283 bits per heavy atom. The van der Waals surface area contributed by atoms with Crippen molar-refractivity contribution in [3.8, 4) is 0 Å². The van der Waals surface area contributed by atoms with Crippen LogP contribution in [0, 0.1) is 0 Å². The molecule has 8 heterocycles. The van der Waals surface area contributed by atoms with Crippen molar-refractivity contribution in [3.63, 3.8) is 0 Å². The molecule has 8 saturated heterocycles. The third kappa shape index (κ3) is 16.0. The van der Waals surface area contributed by atoms with Gasteiger partial charge in [-0.15, -0.1) is 0 Å². The third-order valence-electron chi connectivity index (χ3n) is 17.0. The number of rotatable bonds is 23. The molecule has 8 rings (SSSR count). The molecule has 0 aromatic rings. The summed E-state index contributed by atoms with van der Waals surface area (Å²) in [5.41, 5.74) is 0. The number of ether oxygens (including phenoxy) is 15. The second kappa shape index (κ2) is 32.7. The van der Waals surface area contributed by atoms with Crippen molar-refractivity contribution < 1.29 is 204 Å². The fourth-order valence-electron chi connectivity index (χ4n) is 11.6. The van der Waals surface area contributed by atoms with Crippen LogP contribution in [0.2, 0.25) is 0 Å². The normalized spacial score (nSPS) is 52.2. The zero-order valence-electron chi connectivity index (χ0n) is 48.5. The predicted molar refractivity (Wildman–Crippen MR) is 276 cm³/mol. The van der Waals surface area contributed by atoms with Gasteiger partial charge in [0.2, 0.25) is 5.91 Å². The minimum Gasteiger partial charge on any atom is -0.394 e. The zero-order valence-corrected chi connectivity index (χ0v) is 48.5. The van der Waals surface area contributed by atoms with Gasteiger partial charge in [0, 0.05) is 6.92 Å². The average Bonchev–Trinajstić information content (AvgIpc) is 0.838. The van der Waals surface area contributed by atoms with Crippen LogP contribution in [0.3, 0.4) is 0 Å². The van der Waals surface area contributed by atoms with Gasteiger partial charge in [0.1, 0.15) is 195 Å². The van der Waals surface area contributed by atoms with Crippen molar-refractivity contribution in [2.24, 2.45) is 0 Å². The molecule has 0 saturated carbocycles. The van der Waals surface area contributed by atoms with Crippen molar-refractivity contribution >= 4 is 5.91 Å². The molecule has 0 spiro atoms. The summed E-state index contributed by atoms with van der Waals surface area (Å²) in [7, 11) is 0. The molecule has 0 bridgehead atoms. The van der Waals surface area contributed by atoms with E-state index in [1.807, 2.05) is 0 Å². The molecule has 0 aromatic carbocycles. The van der Waals surface area contributed by atoms with Gasteiger partial charge in [-0.1, -0.05) is 0 Å². The summed E-state index contributed by atoms with van der Waals surface area (Å²) in [5.74, 6) is -0.824. The summed E-state index contributed by atoms with van der Waals surface area (Å²) < 4.78 is 86.1. The van der Waals surface area contributed by atoms with E-state index in [1.165, 1.54) is 0 Å². The van der Waals surface area contributed by atoms with Gasteiger partial charge in [-0.3, -0.25) is 4.79 Å². The Balaban J connectivity index is 1.12. The van der Waals surface area contributed by atoms with Crippen molar-refractivity contribution in [3.05, 3.63) is 0 Å². The highest BCUT2D eigenvalue weighted by Gasteiger charge is 2.59. The summed E-state index contributed by atoms with van der Waals surface area (Å²) in [4.78, 5) is 12.2. The number of amides is 1. The van der Waals surface area contributed by atoms with Crippen molar-refractivity contribution in [2.45, 2.75) is 253 Å². The minimum atomic E-state index is -2.43. The van der Waals surface area contributed by atoms with Gasteiger partial charge < -0.3 is 204 Å². The van der Waals surface area contributed by atoms with E-state index < -0.39 is 304 Å². The molecule has 0 radical (unpaired) electrons. The lowest BCUT2D eigenvalue weighted by atomic mass is 9.95. The molecule has 8 aliphatic heterocycles. The third-order valence-corrected chi connectivity index (χ3v) is 17.0. The maximum atomic E-state index is 12.2. The first-order chi connectivity index (χ1) is 43.5. The fraction of sp³-hybridized carbons (Fsp3) is 0.980. The lowest BCUT2D eigenvalue weighted by molar-refractivity contribution is -0.400. The maximum absolute atomic E-state index is 12.2. The largest absolute Gasteiger partial charge is 0.394 e. The molecular weight excluding hydrogens is 1270 g/mol. The summed E-state index contributed by atoms with van der Waals surface area (Å²) in [6.07, 6.45) is -80.8. The van der Waals surface area contributed by atoms with Crippen LogP contribution in [0.15, 0.2) is 0 Å². The summed E-state index contributed by atoms with van der Waals surface area (Å²) in [5, 5.41) is 273. The molecule has 92 heavy (non-hydrogen) atoms. The van der Waals surface area contributed by atoms with E-state index in [0.717, 1.165) is 6.92 Å². The van der Waals surface area contributed by atoms with Crippen LogP contribution in [-0.2, 0) is 75.8 Å². The van der Waals surface area contributed by atoms with Crippen molar-refractivity contribution in [2.75, 3.05) is 52.9 Å². The lowest BCUT2D eigenvalue weighted by Crippen LogP contribution is -2.69. The quantitative estimate of drug-likeness (QED) is 0.0452. The van der Waals surface area contributed by atoms with E-state index in [-0.39, 0.29) is 0 Å². The number of hydrogen-bond donors (Lipinski definition) is 26. The fourth-order valence-corrected chi connectivity index (χ4v) is 11.6. The molecule has 0 unspecified atom stereocenters. The Morgan fingerprint density at radius 2 is 0.565 bits per heavy atom. The average molecular weight is 1360 g/mol. The van der Waals surface area contributed by atoms with Crippen molar-refractivity contribution in [1.82, 2.24) is 5.32 Å². The monoisotopic (exact) mass is 1360 g/mol. The molecule has 0 aromatic heterocycles. The number of carbonyl (C=O) groups excluding carboxylic acids is 1. The van der Waals surface area contributed by atoms with E-state index in [1.54, 1.807) is 0 Å². The second-order valence-electron chi connectivity index (χ2n) is 23.2. The van der Waals surface area contributed by atoms with Gasteiger partial charge in [-0.05, 0) is 0 Å². The highest BCUT2D eigenvalue weighted by molar-refractivity contribution is 5.73. The summed E-state index contributed by atoms with van der Waals surface area (Å²) >= 11 is 0. The molecule has 0 aliphatic carbocycles. The predicted octanol–water partition coefficient (Wildman–Crippen LogP) is -18.3. The topological polar surface area (TPSA) is 673 Å². The molecule has 1 amide bonds. The van der Waals surface area contributed by atoms with Crippen LogP contribution in [-0.4, -0.2) is 432 Å². The van der Waals surface area contributed by atoms with E-state index in [4.69, 9.17) is 71.1 Å². The van der Waals surface area contributed by atoms with Gasteiger partial charge in [0.25, 0.3) is 0 Å². The molecule has 42 heteroatoms. The van der Waals surface area contributed by atoms with Crippen molar-refractivity contribution in [1.29, 1.82) is 0 Å². The van der Waals surface area contributed by atoms with E-state index in [9.17, 15) is 132 Å². The highest BCUT2D eigenvalue weighted by Crippen LogP contribution is 2.38. The van der Waals surface area contributed by atoms with Crippen LogP contribution in [0.5, 0.6) is 0 Å².